The minimum Gasteiger partial charge on any atom is -0.357 e. The molecule has 1 amide bonds. The number of halogens is 2. The molecule has 0 bridgehead atoms. The molecule has 0 heterocycles. The minimum absolute atomic E-state index is 0. The first kappa shape index (κ1) is 21.0. The third-order valence-electron chi connectivity index (χ3n) is 2.89. The summed E-state index contributed by atoms with van der Waals surface area (Å²) in [6.45, 7) is 3.58. The Bertz CT molecular complexity index is 491. The summed E-state index contributed by atoms with van der Waals surface area (Å²) in [7, 11) is 5.39. The van der Waals surface area contributed by atoms with Crippen LogP contribution >= 0.6 is 35.6 Å². The van der Waals surface area contributed by atoms with Crippen LogP contribution in [0.1, 0.15) is 12.5 Å². The van der Waals surface area contributed by atoms with Gasteiger partial charge in [-0.15, -0.1) is 24.0 Å². The van der Waals surface area contributed by atoms with E-state index in [1.165, 1.54) is 4.90 Å². The van der Waals surface area contributed by atoms with Crippen molar-refractivity contribution in [3.63, 3.8) is 0 Å². The van der Waals surface area contributed by atoms with E-state index in [9.17, 15) is 4.79 Å². The van der Waals surface area contributed by atoms with Crippen LogP contribution in [0.5, 0.6) is 0 Å². The van der Waals surface area contributed by atoms with Crippen molar-refractivity contribution < 1.29 is 4.79 Å². The fourth-order valence-corrected chi connectivity index (χ4v) is 1.82. The van der Waals surface area contributed by atoms with Gasteiger partial charge in [-0.05, 0) is 24.6 Å². The smallest absolute Gasteiger partial charge is 0.243 e. The first-order valence-electron chi connectivity index (χ1n) is 6.88. The predicted molar refractivity (Wildman–Crippen MR) is 103 cm³/mol. The number of hydrogen-bond donors (Lipinski definition) is 1. The molecule has 1 aromatic carbocycles. The van der Waals surface area contributed by atoms with Crippen LogP contribution in [-0.4, -0.2) is 55.9 Å². The number of carbonyl (C=O) groups is 1. The summed E-state index contributed by atoms with van der Waals surface area (Å²) in [5, 5.41) is 3.91. The zero-order valence-corrected chi connectivity index (χ0v) is 16.6. The topological polar surface area (TPSA) is 47.9 Å². The van der Waals surface area contributed by atoms with Gasteiger partial charge in [0.1, 0.15) is 6.54 Å². The number of guanidine groups is 1. The van der Waals surface area contributed by atoms with Crippen LogP contribution in [0.4, 0.5) is 0 Å². The fraction of sp³-hybridized carbons (Fsp3) is 0.467. The van der Waals surface area contributed by atoms with Crippen molar-refractivity contribution in [3.8, 4) is 0 Å². The summed E-state index contributed by atoms with van der Waals surface area (Å²) in [4.78, 5) is 19.5. The van der Waals surface area contributed by atoms with Crippen LogP contribution in [0, 0.1) is 0 Å². The molecule has 22 heavy (non-hydrogen) atoms. The lowest BCUT2D eigenvalue weighted by Crippen LogP contribution is -2.39. The van der Waals surface area contributed by atoms with Gasteiger partial charge in [0.15, 0.2) is 5.96 Å². The van der Waals surface area contributed by atoms with Crippen LogP contribution in [0.3, 0.4) is 0 Å². The van der Waals surface area contributed by atoms with Gasteiger partial charge in [-0.1, -0.05) is 23.7 Å². The molecule has 1 aromatic rings. The van der Waals surface area contributed by atoms with Crippen molar-refractivity contribution in [2.45, 2.75) is 13.5 Å². The van der Waals surface area contributed by atoms with Gasteiger partial charge >= 0.3 is 0 Å². The first-order valence-corrected chi connectivity index (χ1v) is 7.26. The second-order valence-electron chi connectivity index (χ2n) is 4.94. The molecular formula is C15H24ClIN4O. The Hall–Kier alpha value is -1.02. The maximum Gasteiger partial charge on any atom is 0.243 e. The standard InChI is InChI=1S/C15H23ClN4O.HI/c1-5-17-15(18-10-14(21)19(2)3)20(4)11-12-6-8-13(16)9-7-12;/h6-9H,5,10-11H2,1-4H3,(H,17,18);1H. The Balaban J connectivity index is 0.00000441. The molecule has 0 radical (unpaired) electrons. The molecule has 1 rings (SSSR count). The van der Waals surface area contributed by atoms with Gasteiger partial charge in [-0.2, -0.15) is 0 Å². The van der Waals surface area contributed by atoms with Crippen LogP contribution < -0.4 is 5.32 Å². The summed E-state index contributed by atoms with van der Waals surface area (Å²) >= 11 is 5.88. The Kier molecular flexibility index (Phi) is 10.2. The van der Waals surface area contributed by atoms with Gasteiger partial charge in [0, 0.05) is 39.3 Å². The quantitative estimate of drug-likeness (QED) is 0.436. The predicted octanol–water partition coefficient (Wildman–Crippen LogP) is 2.44. The Morgan fingerprint density at radius 2 is 1.82 bits per heavy atom. The molecule has 0 saturated heterocycles. The fourth-order valence-electron chi connectivity index (χ4n) is 1.69. The van der Waals surface area contributed by atoms with Crippen molar-refractivity contribution in [2.24, 2.45) is 4.99 Å². The van der Waals surface area contributed by atoms with E-state index in [0.29, 0.717) is 12.5 Å². The summed E-state index contributed by atoms with van der Waals surface area (Å²) in [5.41, 5.74) is 1.13. The highest BCUT2D eigenvalue weighted by Gasteiger charge is 2.08. The highest BCUT2D eigenvalue weighted by atomic mass is 127. The molecule has 0 atom stereocenters. The number of likely N-dealkylation sites (N-methyl/N-ethyl adjacent to an activating group) is 1. The van der Waals surface area contributed by atoms with Gasteiger partial charge in [0.05, 0.1) is 0 Å². The van der Waals surface area contributed by atoms with Crippen molar-refractivity contribution in [3.05, 3.63) is 34.9 Å². The average Bonchev–Trinajstić information content (AvgIpc) is 2.45. The molecule has 0 aliphatic carbocycles. The second-order valence-corrected chi connectivity index (χ2v) is 5.38. The van der Waals surface area contributed by atoms with E-state index >= 15 is 0 Å². The lowest BCUT2D eigenvalue weighted by molar-refractivity contribution is -0.127. The lowest BCUT2D eigenvalue weighted by Gasteiger charge is -2.22. The normalized spacial score (nSPS) is 10.7. The average molecular weight is 439 g/mol. The third-order valence-corrected chi connectivity index (χ3v) is 3.14. The number of benzene rings is 1. The van der Waals surface area contributed by atoms with Crippen LogP contribution in [0.15, 0.2) is 29.3 Å². The van der Waals surface area contributed by atoms with Crippen molar-refractivity contribution in [2.75, 3.05) is 34.2 Å². The number of nitrogens with one attached hydrogen (secondary N) is 1. The SMILES string of the molecule is CCNC(=NCC(=O)N(C)C)N(C)Cc1ccc(Cl)cc1.I. The monoisotopic (exact) mass is 438 g/mol. The lowest BCUT2D eigenvalue weighted by atomic mass is 10.2. The molecule has 5 nitrogen and oxygen atoms in total. The summed E-state index contributed by atoms with van der Waals surface area (Å²) < 4.78 is 0. The molecule has 0 unspecified atom stereocenters. The number of nitrogens with zero attached hydrogens (tertiary/aromatic N) is 3. The highest BCUT2D eigenvalue weighted by molar-refractivity contribution is 14.0. The van der Waals surface area contributed by atoms with E-state index in [0.717, 1.165) is 17.1 Å². The number of amides is 1. The molecular weight excluding hydrogens is 415 g/mol. The van der Waals surface area contributed by atoms with E-state index < -0.39 is 0 Å². The molecule has 7 heteroatoms. The van der Waals surface area contributed by atoms with Crippen molar-refractivity contribution >= 4 is 47.4 Å². The Morgan fingerprint density at radius 3 is 2.32 bits per heavy atom. The Labute approximate surface area is 154 Å². The minimum atomic E-state index is -0.0229. The maximum absolute atomic E-state index is 11.6. The number of rotatable bonds is 5. The molecule has 0 spiro atoms. The third kappa shape index (κ3) is 7.31. The molecule has 124 valence electrons. The molecule has 0 fully saturated rings. The van der Waals surface area contributed by atoms with Crippen LogP contribution in [-0.2, 0) is 11.3 Å². The zero-order valence-electron chi connectivity index (χ0n) is 13.5. The maximum atomic E-state index is 11.6. The largest absolute Gasteiger partial charge is 0.357 e. The van der Waals surface area contributed by atoms with E-state index in [1.54, 1.807) is 14.1 Å². The molecule has 0 aliphatic heterocycles. The van der Waals surface area contributed by atoms with Gasteiger partial charge in [-0.3, -0.25) is 4.79 Å². The van der Waals surface area contributed by atoms with Gasteiger partial charge in [0.2, 0.25) is 5.91 Å². The van der Waals surface area contributed by atoms with Crippen LogP contribution in [0.25, 0.3) is 0 Å². The van der Waals surface area contributed by atoms with E-state index in [2.05, 4.69) is 10.3 Å². The highest BCUT2D eigenvalue weighted by Crippen LogP contribution is 2.11. The van der Waals surface area contributed by atoms with Crippen molar-refractivity contribution in [1.29, 1.82) is 0 Å². The summed E-state index contributed by atoms with van der Waals surface area (Å²) in [6, 6.07) is 7.69. The van der Waals surface area contributed by atoms with Crippen molar-refractivity contribution in [1.82, 2.24) is 15.1 Å². The van der Waals surface area contributed by atoms with Gasteiger partial charge in [0.25, 0.3) is 0 Å². The Morgan fingerprint density at radius 1 is 1.23 bits per heavy atom. The molecule has 0 saturated carbocycles. The number of carbonyl (C=O) groups excluding carboxylic acids is 1. The zero-order chi connectivity index (χ0) is 15.8. The molecule has 1 N–H and O–H groups in total. The number of hydrogen-bond acceptors (Lipinski definition) is 2. The summed E-state index contributed by atoms with van der Waals surface area (Å²) in [5.74, 6) is 0.688. The van der Waals surface area contributed by atoms with Gasteiger partial charge < -0.3 is 15.1 Å². The van der Waals surface area contributed by atoms with E-state index in [-0.39, 0.29) is 36.4 Å². The van der Waals surface area contributed by atoms with Gasteiger partial charge in [-0.25, -0.2) is 4.99 Å². The van der Waals surface area contributed by atoms with Crippen LogP contribution in [0.2, 0.25) is 5.02 Å². The van der Waals surface area contributed by atoms with E-state index in [1.807, 2.05) is 43.1 Å². The molecule has 0 aromatic heterocycles. The number of aliphatic imine (C=N–C) groups is 1. The molecule has 0 aliphatic rings. The second kappa shape index (κ2) is 10.7. The van der Waals surface area contributed by atoms with E-state index in [4.69, 9.17) is 11.6 Å². The first-order chi connectivity index (χ1) is 9.93. The summed E-state index contributed by atoms with van der Waals surface area (Å²) in [6.07, 6.45) is 0.